The number of hydrogen-bond acceptors (Lipinski definition) is 2. The molecule has 0 aromatic heterocycles. The first-order valence-corrected chi connectivity index (χ1v) is 4.58. The maximum Gasteiger partial charge on any atom is 0.251 e. The molecule has 0 saturated heterocycles. The van der Waals surface area contributed by atoms with Gasteiger partial charge in [0.1, 0.15) is 0 Å². The van der Waals surface area contributed by atoms with Crippen LogP contribution >= 0.6 is 0 Å². The van der Waals surface area contributed by atoms with Crippen LogP contribution in [0.25, 0.3) is 0 Å². The summed E-state index contributed by atoms with van der Waals surface area (Å²) in [4.78, 5) is 11.4. The van der Waals surface area contributed by atoms with E-state index in [1.807, 2.05) is 24.3 Å². The van der Waals surface area contributed by atoms with Crippen molar-refractivity contribution in [3.8, 4) is 0 Å². The van der Waals surface area contributed by atoms with Crippen molar-refractivity contribution in [2.24, 2.45) is 0 Å². The lowest BCUT2D eigenvalue weighted by atomic mass is 10.0. The fourth-order valence-corrected chi connectivity index (χ4v) is 1.31. The molecule has 3 nitrogen and oxygen atoms in total. The molecule has 0 aliphatic carbocycles. The molecule has 0 saturated carbocycles. The Morgan fingerprint density at radius 3 is 2.79 bits per heavy atom. The van der Waals surface area contributed by atoms with Crippen molar-refractivity contribution >= 4 is 5.91 Å². The zero-order chi connectivity index (χ0) is 10.4. The first kappa shape index (κ1) is 10.7. The van der Waals surface area contributed by atoms with Gasteiger partial charge < -0.3 is 10.1 Å². The minimum Gasteiger partial charge on any atom is -0.384 e. The van der Waals surface area contributed by atoms with Gasteiger partial charge in [0.25, 0.3) is 5.91 Å². The molecule has 1 aromatic carbocycles. The van der Waals surface area contributed by atoms with Crippen LogP contribution in [0.5, 0.6) is 0 Å². The highest BCUT2D eigenvalue weighted by Gasteiger charge is 2.07. The predicted molar refractivity (Wildman–Crippen MR) is 55.4 cm³/mol. The fraction of sp³-hybridized carbons (Fsp3) is 0.364. The monoisotopic (exact) mass is 193 g/mol. The number of rotatable bonds is 4. The van der Waals surface area contributed by atoms with Crippen LogP contribution in [-0.4, -0.2) is 26.7 Å². The molecular weight excluding hydrogens is 178 g/mol. The second-order valence-electron chi connectivity index (χ2n) is 2.98. The van der Waals surface area contributed by atoms with E-state index in [9.17, 15) is 4.79 Å². The summed E-state index contributed by atoms with van der Waals surface area (Å²) in [5.41, 5.74) is 1.75. The summed E-state index contributed by atoms with van der Waals surface area (Å²) in [6.45, 7) is 0.633. The van der Waals surface area contributed by atoms with E-state index in [1.54, 1.807) is 14.2 Å². The van der Waals surface area contributed by atoms with Crippen molar-refractivity contribution in [2.75, 3.05) is 20.8 Å². The fourth-order valence-electron chi connectivity index (χ4n) is 1.31. The number of methoxy groups -OCH3 is 1. The van der Waals surface area contributed by atoms with Gasteiger partial charge in [0.05, 0.1) is 6.61 Å². The highest BCUT2D eigenvalue weighted by molar-refractivity contribution is 5.95. The first-order chi connectivity index (χ1) is 6.79. The second kappa shape index (κ2) is 5.40. The first-order valence-electron chi connectivity index (χ1n) is 4.58. The molecule has 0 spiro atoms. The van der Waals surface area contributed by atoms with Crippen LogP contribution in [0.4, 0.5) is 0 Å². The smallest absolute Gasteiger partial charge is 0.251 e. The summed E-state index contributed by atoms with van der Waals surface area (Å²) in [5, 5.41) is 2.62. The van der Waals surface area contributed by atoms with Crippen LogP contribution in [0.1, 0.15) is 15.9 Å². The molecule has 0 unspecified atom stereocenters. The minimum atomic E-state index is -0.0447. The Kier molecular flexibility index (Phi) is 4.13. The maximum atomic E-state index is 11.4. The number of ether oxygens (including phenoxy) is 1. The summed E-state index contributed by atoms with van der Waals surface area (Å²) in [7, 11) is 3.29. The Balaban J connectivity index is 2.85. The Labute approximate surface area is 84.1 Å². The zero-order valence-corrected chi connectivity index (χ0v) is 8.54. The van der Waals surface area contributed by atoms with Gasteiger partial charge in [0.15, 0.2) is 0 Å². The summed E-state index contributed by atoms with van der Waals surface area (Å²) in [6.07, 6.45) is 0.764. The van der Waals surface area contributed by atoms with Gasteiger partial charge in [-0.05, 0) is 18.1 Å². The molecule has 0 aliphatic heterocycles. The molecule has 1 N–H and O–H groups in total. The quantitative estimate of drug-likeness (QED) is 0.781. The van der Waals surface area contributed by atoms with Crippen molar-refractivity contribution in [2.45, 2.75) is 6.42 Å². The third-order valence-corrected chi connectivity index (χ3v) is 2.06. The summed E-state index contributed by atoms with van der Waals surface area (Å²) in [5.74, 6) is -0.0447. The second-order valence-corrected chi connectivity index (χ2v) is 2.98. The zero-order valence-electron chi connectivity index (χ0n) is 8.54. The molecule has 0 atom stereocenters. The van der Waals surface area contributed by atoms with E-state index in [2.05, 4.69) is 5.32 Å². The topological polar surface area (TPSA) is 38.3 Å². The number of benzene rings is 1. The third-order valence-electron chi connectivity index (χ3n) is 2.06. The van der Waals surface area contributed by atoms with Crippen molar-refractivity contribution < 1.29 is 9.53 Å². The van der Waals surface area contributed by atoms with Gasteiger partial charge in [-0.3, -0.25) is 4.79 Å². The van der Waals surface area contributed by atoms with E-state index in [4.69, 9.17) is 4.74 Å². The van der Waals surface area contributed by atoms with E-state index in [1.165, 1.54) is 0 Å². The van der Waals surface area contributed by atoms with Gasteiger partial charge in [-0.25, -0.2) is 0 Å². The largest absolute Gasteiger partial charge is 0.384 e. The van der Waals surface area contributed by atoms with Gasteiger partial charge in [-0.1, -0.05) is 18.2 Å². The number of carbonyl (C=O) groups excluding carboxylic acids is 1. The van der Waals surface area contributed by atoms with E-state index >= 15 is 0 Å². The van der Waals surface area contributed by atoms with Gasteiger partial charge in [-0.2, -0.15) is 0 Å². The molecule has 0 fully saturated rings. The van der Waals surface area contributed by atoms with Crippen LogP contribution in [0.2, 0.25) is 0 Å². The van der Waals surface area contributed by atoms with E-state index in [0.717, 1.165) is 17.5 Å². The van der Waals surface area contributed by atoms with Gasteiger partial charge in [-0.15, -0.1) is 0 Å². The van der Waals surface area contributed by atoms with Crippen LogP contribution in [0, 0.1) is 0 Å². The normalized spacial score (nSPS) is 9.86. The van der Waals surface area contributed by atoms with E-state index in [0.29, 0.717) is 6.61 Å². The molecule has 0 radical (unpaired) electrons. The van der Waals surface area contributed by atoms with Crippen molar-refractivity contribution in [3.05, 3.63) is 35.4 Å². The summed E-state index contributed by atoms with van der Waals surface area (Å²) >= 11 is 0. The van der Waals surface area contributed by atoms with E-state index < -0.39 is 0 Å². The van der Waals surface area contributed by atoms with Crippen LogP contribution < -0.4 is 5.32 Å². The van der Waals surface area contributed by atoms with Crippen LogP contribution in [0.3, 0.4) is 0 Å². The van der Waals surface area contributed by atoms with Gasteiger partial charge in [0.2, 0.25) is 0 Å². The van der Waals surface area contributed by atoms with Crippen molar-refractivity contribution in [1.82, 2.24) is 5.32 Å². The number of amides is 1. The average Bonchev–Trinajstić information content (AvgIpc) is 2.25. The van der Waals surface area contributed by atoms with Crippen molar-refractivity contribution in [1.29, 1.82) is 0 Å². The lowest BCUT2D eigenvalue weighted by Gasteiger charge is -2.07. The standard InChI is InChI=1S/C11H15NO2/c1-12-11(13)10-6-4-3-5-9(10)7-8-14-2/h3-6H,7-8H2,1-2H3,(H,12,13). The molecule has 14 heavy (non-hydrogen) atoms. The van der Waals surface area contributed by atoms with Gasteiger partial charge >= 0.3 is 0 Å². The highest BCUT2D eigenvalue weighted by atomic mass is 16.5. The molecule has 0 bridgehead atoms. The lowest BCUT2D eigenvalue weighted by molar-refractivity contribution is 0.0961. The maximum absolute atomic E-state index is 11.4. The SMILES string of the molecule is CNC(=O)c1ccccc1CCOC. The van der Waals surface area contributed by atoms with Crippen LogP contribution in [0.15, 0.2) is 24.3 Å². The van der Waals surface area contributed by atoms with Crippen LogP contribution in [-0.2, 0) is 11.2 Å². The Hall–Kier alpha value is -1.35. The number of nitrogens with one attached hydrogen (secondary N) is 1. The Morgan fingerprint density at radius 1 is 1.43 bits per heavy atom. The molecule has 1 aromatic rings. The summed E-state index contributed by atoms with van der Waals surface area (Å²) in [6, 6.07) is 7.56. The molecule has 1 amide bonds. The predicted octanol–water partition coefficient (Wildman–Crippen LogP) is 1.24. The molecular formula is C11H15NO2. The molecule has 3 heteroatoms. The third kappa shape index (κ3) is 2.57. The minimum absolute atomic E-state index is 0.0447. The molecule has 0 aliphatic rings. The van der Waals surface area contributed by atoms with Gasteiger partial charge in [0, 0.05) is 19.7 Å². The van der Waals surface area contributed by atoms with Crippen molar-refractivity contribution in [3.63, 3.8) is 0 Å². The molecule has 76 valence electrons. The van der Waals surface area contributed by atoms with E-state index in [-0.39, 0.29) is 5.91 Å². The summed E-state index contributed by atoms with van der Waals surface area (Å²) < 4.78 is 4.98. The molecule has 1 rings (SSSR count). The average molecular weight is 193 g/mol. The Morgan fingerprint density at radius 2 is 2.14 bits per heavy atom. The lowest BCUT2D eigenvalue weighted by Crippen LogP contribution is -2.19. The Bertz CT molecular complexity index is 310. The molecule has 0 heterocycles. The highest BCUT2D eigenvalue weighted by Crippen LogP contribution is 2.09. The number of carbonyl (C=O) groups is 1. The number of hydrogen-bond donors (Lipinski definition) is 1.